The van der Waals surface area contributed by atoms with Gasteiger partial charge in [-0.3, -0.25) is 4.90 Å². The summed E-state index contributed by atoms with van der Waals surface area (Å²) >= 11 is 0. The number of hydrogen-bond donors (Lipinski definition) is 1. The lowest BCUT2D eigenvalue weighted by Gasteiger charge is -2.36. The molecule has 3 rings (SSSR count). The Balaban J connectivity index is 0.00000225. The fraction of sp³-hybridized carbons (Fsp3) is 0.368. The van der Waals surface area contributed by atoms with Crippen LogP contribution in [0.4, 0.5) is 4.39 Å². The summed E-state index contributed by atoms with van der Waals surface area (Å²) in [6.45, 7) is 3.37. The Bertz CT molecular complexity index is 699. The number of piperazine rings is 1. The van der Waals surface area contributed by atoms with Crippen molar-refractivity contribution in [2.75, 3.05) is 33.9 Å². The van der Waals surface area contributed by atoms with E-state index in [0.29, 0.717) is 0 Å². The highest BCUT2D eigenvalue weighted by molar-refractivity contribution is 5.85. The Morgan fingerprint density at radius 3 is 2.72 bits per heavy atom. The van der Waals surface area contributed by atoms with Crippen LogP contribution in [0.5, 0.6) is 11.5 Å². The van der Waals surface area contributed by atoms with Gasteiger partial charge in [-0.05, 0) is 23.8 Å². The van der Waals surface area contributed by atoms with Gasteiger partial charge >= 0.3 is 0 Å². The third-order valence-corrected chi connectivity index (χ3v) is 4.46. The normalized spacial score (nSPS) is 17.6. The standard InChI is InChI=1S/C19H23FN2O2.ClH/c1-23-17-7-6-15(19(11-17)24-2)13-22-9-8-21-12-18(22)14-4-3-5-16(20)10-14;/h3-7,10-11,18,21H,8-9,12-13H2,1-2H3;1H. The summed E-state index contributed by atoms with van der Waals surface area (Å²) in [5.41, 5.74) is 2.09. The van der Waals surface area contributed by atoms with Crippen LogP contribution >= 0.6 is 12.4 Å². The number of methoxy groups -OCH3 is 2. The molecule has 25 heavy (non-hydrogen) atoms. The number of halogens is 2. The van der Waals surface area contributed by atoms with Gasteiger partial charge in [-0.15, -0.1) is 12.4 Å². The molecule has 0 aliphatic carbocycles. The van der Waals surface area contributed by atoms with E-state index in [4.69, 9.17) is 9.47 Å². The zero-order chi connectivity index (χ0) is 16.9. The van der Waals surface area contributed by atoms with E-state index >= 15 is 0 Å². The average Bonchev–Trinajstić information content (AvgIpc) is 2.62. The molecule has 0 saturated carbocycles. The molecule has 2 aromatic carbocycles. The molecule has 0 amide bonds. The predicted octanol–water partition coefficient (Wildman–Crippen LogP) is 3.41. The second-order valence-corrected chi connectivity index (χ2v) is 5.92. The van der Waals surface area contributed by atoms with E-state index < -0.39 is 0 Å². The van der Waals surface area contributed by atoms with Crippen LogP contribution in [0.15, 0.2) is 42.5 Å². The molecule has 136 valence electrons. The van der Waals surface area contributed by atoms with Gasteiger partial charge in [0, 0.05) is 43.9 Å². The van der Waals surface area contributed by atoms with E-state index in [-0.39, 0.29) is 24.3 Å². The molecule has 1 aliphatic heterocycles. The van der Waals surface area contributed by atoms with E-state index in [0.717, 1.165) is 48.8 Å². The van der Waals surface area contributed by atoms with Gasteiger partial charge in [0.15, 0.2) is 0 Å². The van der Waals surface area contributed by atoms with Crippen molar-refractivity contribution in [2.24, 2.45) is 0 Å². The van der Waals surface area contributed by atoms with Gasteiger partial charge in [0.05, 0.1) is 14.2 Å². The molecule has 0 radical (unpaired) electrons. The number of nitrogens with zero attached hydrogens (tertiary/aromatic N) is 1. The van der Waals surface area contributed by atoms with Crippen LogP contribution in [0.2, 0.25) is 0 Å². The summed E-state index contributed by atoms with van der Waals surface area (Å²) in [5, 5.41) is 3.40. The van der Waals surface area contributed by atoms with Crippen molar-refractivity contribution >= 4 is 12.4 Å². The number of benzene rings is 2. The lowest BCUT2D eigenvalue weighted by atomic mass is 10.0. The summed E-state index contributed by atoms with van der Waals surface area (Å²) in [7, 11) is 3.31. The highest BCUT2D eigenvalue weighted by atomic mass is 35.5. The minimum absolute atomic E-state index is 0. The maximum atomic E-state index is 13.6. The Morgan fingerprint density at radius 2 is 2.00 bits per heavy atom. The first-order valence-electron chi connectivity index (χ1n) is 8.12. The summed E-state index contributed by atoms with van der Waals surface area (Å²) in [4.78, 5) is 2.36. The Morgan fingerprint density at radius 1 is 1.16 bits per heavy atom. The van der Waals surface area contributed by atoms with E-state index in [1.807, 2.05) is 24.3 Å². The molecule has 2 aromatic rings. The van der Waals surface area contributed by atoms with Gasteiger partial charge < -0.3 is 14.8 Å². The zero-order valence-corrected chi connectivity index (χ0v) is 15.3. The maximum absolute atomic E-state index is 13.6. The summed E-state index contributed by atoms with van der Waals surface area (Å²) in [6, 6.07) is 12.9. The van der Waals surface area contributed by atoms with Crippen LogP contribution in [0.1, 0.15) is 17.2 Å². The average molecular weight is 367 g/mol. The lowest BCUT2D eigenvalue weighted by Crippen LogP contribution is -2.45. The molecule has 1 heterocycles. The molecule has 1 aliphatic rings. The number of nitrogens with one attached hydrogen (secondary N) is 1. The first-order valence-corrected chi connectivity index (χ1v) is 8.12. The summed E-state index contributed by atoms with van der Waals surface area (Å²) < 4.78 is 24.4. The van der Waals surface area contributed by atoms with Crippen molar-refractivity contribution in [2.45, 2.75) is 12.6 Å². The fourth-order valence-corrected chi connectivity index (χ4v) is 3.18. The van der Waals surface area contributed by atoms with Gasteiger partial charge in [0.25, 0.3) is 0 Å². The molecule has 1 N–H and O–H groups in total. The molecular weight excluding hydrogens is 343 g/mol. The fourth-order valence-electron chi connectivity index (χ4n) is 3.18. The van der Waals surface area contributed by atoms with Crippen LogP contribution in [-0.4, -0.2) is 38.8 Å². The molecular formula is C19H24ClFN2O2. The third kappa shape index (κ3) is 4.63. The lowest BCUT2D eigenvalue weighted by molar-refractivity contribution is 0.152. The molecule has 0 spiro atoms. The largest absolute Gasteiger partial charge is 0.497 e. The SMILES string of the molecule is COc1ccc(CN2CCNCC2c2cccc(F)c2)c(OC)c1.Cl. The topological polar surface area (TPSA) is 33.7 Å². The highest BCUT2D eigenvalue weighted by Gasteiger charge is 2.25. The van der Waals surface area contributed by atoms with Crippen molar-refractivity contribution < 1.29 is 13.9 Å². The van der Waals surface area contributed by atoms with E-state index in [2.05, 4.69) is 10.2 Å². The first-order chi connectivity index (χ1) is 11.7. The monoisotopic (exact) mass is 366 g/mol. The molecule has 1 fully saturated rings. The summed E-state index contributed by atoms with van der Waals surface area (Å²) in [5.74, 6) is 1.39. The second-order valence-electron chi connectivity index (χ2n) is 5.92. The highest BCUT2D eigenvalue weighted by Crippen LogP contribution is 2.30. The third-order valence-electron chi connectivity index (χ3n) is 4.46. The second kappa shape index (κ2) is 9.04. The van der Waals surface area contributed by atoms with Crippen molar-refractivity contribution in [1.82, 2.24) is 10.2 Å². The van der Waals surface area contributed by atoms with Gasteiger partial charge in [-0.25, -0.2) is 4.39 Å². The predicted molar refractivity (Wildman–Crippen MR) is 99.2 cm³/mol. The summed E-state index contributed by atoms with van der Waals surface area (Å²) in [6.07, 6.45) is 0. The van der Waals surface area contributed by atoms with Crippen molar-refractivity contribution in [3.8, 4) is 11.5 Å². The Hall–Kier alpha value is -1.82. The van der Waals surface area contributed by atoms with Gasteiger partial charge in [0.2, 0.25) is 0 Å². The molecule has 1 atom stereocenters. The first kappa shape index (κ1) is 19.5. The van der Waals surface area contributed by atoms with E-state index in [1.54, 1.807) is 26.4 Å². The zero-order valence-electron chi connectivity index (χ0n) is 14.5. The smallest absolute Gasteiger partial charge is 0.127 e. The minimum Gasteiger partial charge on any atom is -0.497 e. The van der Waals surface area contributed by atoms with Crippen LogP contribution in [0.3, 0.4) is 0 Å². The molecule has 1 saturated heterocycles. The Labute approximate surface area is 154 Å². The molecule has 6 heteroatoms. The van der Waals surface area contributed by atoms with Crippen molar-refractivity contribution in [1.29, 1.82) is 0 Å². The van der Waals surface area contributed by atoms with Crippen molar-refractivity contribution in [3.63, 3.8) is 0 Å². The Kier molecular flexibility index (Phi) is 7.05. The van der Waals surface area contributed by atoms with Gasteiger partial charge in [-0.2, -0.15) is 0 Å². The molecule has 0 aromatic heterocycles. The molecule has 1 unspecified atom stereocenters. The maximum Gasteiger partial charge on any atom is 0.127 e. The van der Waals surface area contributed by atoms with E-state index in [1.165, 1.54) is 6.07 Å². The van der Waals surface area contributed by atoms with Crippen LogP contribution in [0.25, 0.3) is 0 Å². The van der Waals surface area contributed by atoms with Crippen molar-refractivity contribution in [3.05, 3.63) is 59.4 Å². The van der Waals surface area contributed by atoms with Crippen LogP contribution < -0.4 is 14.8 Å². The van der Waals surface area contributed by atoms with Crippen LogP contribution in [-0.2, 0) is 6.54 Å². The molecule has 0 bridgehead atoms. The minimum atomic E-state index is -0.194. The molecule has 4 nitrogen and oxygen atoms in total. The van der Waals surface area contributed by atoms with Crippen LogP contribution in [0, 0.1) is 5.82 Å². The van der Waals surface area contributed by atoms with Gasteiger partial charge in [-0.1, -0.05) is 18.2 Å². The quantitative estimate of drug-likeness (QED) is 0.879. The number of rotatable bonds is 5. The number of hydrogen-bond acceptors (Lipinski definition) is 4. The number of ether oxygens (including phenoxy) is 2. The van der Waals surface area contributed by atoms with E-state index in [9.17, 15) is 4.39 Å². The van der Waals surface area contributed by atoms with Gasteiger partial charge in [0.1, 0.15) is 17.3 Å².